The zero-order chi connectivity index (χ0) is 21.9. The van der Waals surface area contributed by atoms with Gasteiger partial charge in [-0.25, -0.2) is 9.97 Å². The van der Waals surface area contributed by atoms with Gasteiger partial charge < -0.3 is 10.6 Å². The molecule has 1 aromatic carbocycles. The Hall–Kier alpha value is -3.76. The van der Waals surface area contributed by atoms with Crippen molar-refractivity contribution in [2.75, 3.05) is 25.0 Å². The Morgan fingerprint density at radius 2 is 1.97 bits per heavy atom. The van der Waals surface area contributed by atoms with Crippen LogP contribution in [-0.4, -0.2) is 40.4 Å². The topological polar surface area (TPSA) is 93.9 Å². The molecule has 5 rings (SSSR count). The van der Waals surface area contributed by atoms with E-state index in [2.05, 4.69) is 63.0 Å². The Balaban J connectivity index is 1.37. The van der Waals surface area contributed by atoms with E-state index < -0.39 is 0 Å². The molecule has 2 aromatic heterocycles. The molecular formula is C25H24N6O. The molecule has 1 aliphatic carbocycles. The van der Waals surface area contributed by atoms with Crippen LogP contribution in [0.3, 0.4) is 0 Å². The van der Waals surface area contributed by atoms with E-state index in [1.807, 2.05) is 0 Å². The maximum Gasteiger partial charge on any atom is 0.234 e. The standard InChI is InChI=1S/C25H24N6O/c26-14-18-7-8-27-23(11-18)30-24-13-21(19-5-6-19)12-22(29-24)20-3-1-17(2-4-20)15-31-10-9-28-25(32)16-31/h1-4,7-8,11-13,19H,5-6,9-10,15-16H2,(H,28,32)(H,27,29,30). The fourth-order valence-electron chi connectivity index (χ4n) is 3.98. The number of nitrogens with one attached hydrogen (secondary N) is 2. The summed E-state index contributed by atoms with van der Waals surface area (Å²) in [5.41, 5.74) is 4.98. The fourth-order valence-corrected chi connectivity index (χ4v) is 3.98. The van der Waals surface area contributed by atoms with Gasteiger partial charge in [0.15, 0.2) is 0 Å². The molecule has 0 unspecified atom stereocenters. The van der Waals surface area contributed by atoms with Crippen LogP contribution in [0.2, 0.25) is 0 Å². The van der Waals surface area contributed by atoms with E-state index in [-0.39, 0.29) is 5.91 Å². The summed E-state index contributed by atoms with van der Waals surface area (Å²) in [6.07, 6.45) is 4.03. The smallest absolute Gasteiger partial charge is 0.234 e. The molecule has 0 radical (unpaired) electrons. The van der Waals surface area contributed by atoms with Crippen molar-refractivity contribution in [3.63, 3.8) is 0 Å². The Kier molecular flexibility index (Phi) is 5.53. The van der Waals surface area contributed by atoms with E-state index in [0.29, 0.717) is 30.4 Å². The molecular weight excluding hydrogens is 400 g/mol. The second-order valence-electron chi connectivity index (χ2n) is 8.37. The van der Waals surface area contributed by atoms with Gasteiger partial charge in [-0.15, -0.1) is 0 Å². The van der Waals surface area contributed by atoms with Gasteiger partial charge in [-0.1, -0.05) is 24.3 Å². The maximum atomic E-state index is 11.6. The summed E-state index contributed by atoms with van der Waals surface area (Å²) >= 11 is 0. The third kappa shape index (κ3) is 4.76. The molecule has 3 aromatic rings. The maximum absolute atomic E-state index is 11.6. The summed E-state index contributed by atoms with van der Waals surface area (Å²) < 4.78 is 0. The van der Waals surface area contributed by atoms with Gasteiger partial charge >= 0.3 is 0 Å². The van der Waals surface area contributed by atoms with Crippen molar-refractivity contribution in [1.29, 1.82) is 5.26 Å². The van der Waals surface area contributed by atoms with E-state index in [4.69, 9.17) is 10.2 Å². The number of aromatic nitrogens is 2. The summed E-state index contributed by atoms with van der Waals surface area (Å²) in [4.78, 5) is 22.9. The minimum Gasteiger partial charge on any atom is -0.354 e. The van der Waals surface area contributed by atoms with Crippen LogP contribution in [0.4, 0.5) is 11.6 Å². The second-order valence-corrected chi connectivity index (χ2v) is 8.37. The lowest BCUT2D eigenvalue weighted by molar-refractivity contribution is -0.124. The van der Waals surface area contributed by atoms with Gasteiger partial charge in [0.1, 0.15) is 11.6 Å². The zero-order valence-electron chi connectivity index (χ0n) is 17.7. The largest absolute Gasteiger partial charge is 0.354 e. The summed E-state index contributed by atoms with van der Waals surface area (Å²) in [6, 6.07) is 18.2. The number of amides is 1. The van der Waals surface area contributed by atoms with Gasteiger partial charge in [-0.3, -0.25) is 9.69 Å². The van der Waals surface area contributed by atoms with E-state index in [9.17, 15) is 4.79 Å². The molecule has 2 fully saturated rings. The predicted molar refractivity (Wildman–Crippen MR) is 122 cm³/mol. The molecule has 3 heterocycles. The molecule has 7 nitrogen and oxygen atoms in total. The molecule has 0 spiro atoms. The Labute approximate surface area is 187 Å². The molecule has 0 atom stereocenters. The highest BCUT2D eigenvalue weighted by molar-refractivity contribution is 5.78. The van der Waals surface area contributed by atoms with Crippen LogP contribution in [0.15, 0.2) is 54.7 Å². The second kappa shape index (κ2) is 8.77. The Morgan fingerprint density at radius 1 is 1.12 bits per heavy atom. The Morgan fingerprint density at radius 3 is 2.72 bits per heavy atom. The van der Waals surface area contributed by atoms with Crippen LogP contribution < -0.4 is 10.6 Å². The number of anilines is 2. The zero-order valence-corrected chi connectivity index (χ0v) is 17.7. The molecule has 2 N–H and O–H groups in total. The number of pyridine rings is 2. The van der Waals surface area contributed by atoms with Crippen LogP contribution in [0.5, 0.6) is 0 Å². The monoisotopic (exact) mass is 424 g/mol. The molecule has 1 saturated carbocycles. The van der Waals surface area contributed by atoms with E-state index in [0.717, 1.165) is 30.2 Å². The first kappa shape index (κ1) is 20.2. The number of carbonyl (C=O) groups is 1. The normalized spacial score (nSPS) is 16.3. The lowest BCUT2D eigenvalue weighted by Crippen LogP contribution is -2.47. The van der Waals surface area contributed by atoms with Crippen molar-refractivity contribution in [3.05, 3.63) is 71.4 Å². The van der Waals surface area contributed by atoms with Crippen LogP contribution in [0.25, 0.3) is 11.3 Å². The number of hydrogen-bond donors (Lipinski definition) is 2. The molecule has 0 bridgehead atoms. The third-order valence-electron chi connectivity index (χ3n) is 5.81. The number of hydrogen-bond acceptors (Lipinski definition) is 6. The fraction of sp³-hybridized carbons (Fsp3) is 0.280. The van der Waals surface area contributed by atoms with Crippen molar-refractivity contribution in [2.24, 2.45) is 0 Å². The van der Waals surface area contributed by atoms with E-state index in [1.165, 1.54) is 24.0 Å². The number of carbonyl (C=O) groups excluding carboxylic acids is 1. The lowest BCUT2D eigenvalue weighted by Gasteiger charge is -2.26. The summed E-state index contributed by atoms with van der Waals surface area (Å²) in [5.74, 6) is 2.01. The van der Waals surface area contributed by atoms with Crippen molar-refractivity contribution in [3.8, 4) is 17.3 Å². The van der Waals surface area contributed by atoms with Gasteiger partial charge in [-0.2, -0.15) is 5.26 Å². The predicted octanol–water partition coefficient (Wildman–Crippen LogP) is 3.57. The van der Waals surface area contributed by atoms with Gasteiger partial charge in [0.25, 0.3) is 0 Å². The highest BCUT2D eigenvalue weighted by Gasteiger charge is 2.25. The molecule has 1 aliphatic heterocycles. The first-order chi connectivity index (χ1) is 15.7. The van der Waals surface area contributed by atoms with Crippen molar-refractivity contribution in [1.82, 2.24) is 20.2 Å². The van der Waals surface area contributed by atoms with Crippen molar-refractivity contribution >= 4 is 17.5 Å². The summed E-state index contributed by atoms with van der Waals surface area (Å²) in [5, 5.41) is 15.3. The SMILES string of the molecule is N#Cc1ccnc(Nc2cc(C3CC3)cc(-c3ccc(CN4CCNC(=O)C4)cc3)n2)c1. The first-order valence-electron chi connectivity index (χ1n) is 10.9. The third-order valence-corrected chi connectivity index (χ3v) is 5.81. The molecule has 2 aliphatic rings. The van der Waals surface area contributed by atoms with Gasteiger partial charge in [-0.05, 0) is 54.2 Å². The van der Waals surface area contributed by atoms with Crippen LogP contribution >= 0.6 is 0 Å². The van der Waals surface area contributed by atoms with Gasteiger partial charge in [0, 0.05) is 31.4 Å². The number of nitrogens with zero attached hydrogens (tertiary/aromatic N) is 4. The number of piperazine rings is 1. The molecule has 1 saturated heterocycles. The quantitative estimate of drug-likeness (QED) is 0.628. The highest BCUT2D eigenvalue weighted by Crippen LogP contribution is 2.42. The van der Waals surface area contributed by atoms with Crippen molar-refractivity contribution < 1.29 is 4.79 Å². The number of nitriles is 1. The first-order valence-corrected chi connectivity index (χ1v) is 10.9. The van der Waals surface area contributed by atoms with E-state index in [1.54, 1.807) is 18.3 Å². The Bertz CT molecular complexity index is 1180. The van der Waals surface area contributed by atoms with Crippen LogP contribution in [-0.2, 0) is 11.3 Å². The highest BCUT2D eigenvalue weighted by atomic mass is 16.2. The van der Waals surface area contributed by atoms with Crippen molar-refractivity contribution in [2.45, 2.75) is 25.3 Å². The summed E-state index contributed by atoms with van der Waals surface area (Å²) in [7, 11) is 0. The molecule has 32 heavy (non-hydrogen) atoms. The lowest BCUT2D eigenvalue weighted by atomic mass is 10.0. The number of benzene rings is 1. The minimum absolute atomic E-state index is 0.0868. The van der Waals surface area contributed by atoms with E-state index >= 15 is 0 Å². The molecule has 160 valence electrons. The average Bonchev–Trinajstić information content (AvgIpc) is 3.65. The van der Waals surface area contributed by atoms with Crippen LogP contribution in [0, 0.1) is 11.3 Å². The number of rotatable bonds is 6. The molecule has 7 heteroatoms. The van der Waals surface area contributed by atoms with Crippen LogP contribution in [0.1, 0.15) is 35.4 Å². The average molecular weight is 425 g/mol. The van der Waals surface area contributed by atoms with Gasteiger partial charge in [0.2, 0.25) is 5.91 Å². The molecule has 1 amide bonds. The summed E-state index contributed by atoms with van der Waals surface area (Å²) in [6.45, 7) is 2.78. The minimum atomic E-state index is 0.0868. The van der Waals surface area contributed by atoms with Gasteiger partial charge in [0.05, 0.1) is 23.9 Å².